The number of hydrogen-bond acceptors (Lipinski definition) is 3. The predicted molar refractivity (Wildman–Crippen MR) is 64.2 cm³/mol. The summed E-state index contributed by atoms with van der Waals surface area (Å²) in [5, 5.41) is 11.3. The molecular weight excluding hydrogens is 220 g/mol. The van der Waals surface area contributed by atoms with E-state index >= 15 is 0 Å². The third-order valence-corrected chi connectivity index (χ3v) is 3.73. The zero-order valence-electron chi connectivity index (χ0n) is 10.6. The minimum Gasteiger partial charge on any atom is -0.465 e. The Hall–Kier alpha value is -0.810. The van der Waals surface area contributed by atoms with Crippen molar-refractivity contribution in [1.29, 1.82) is 0 Å². The fourth-order valence-electron chi connectivity index (χ4n) is 2.92. The highest BCUT2D eigenvalue weighted by Gasteiger charge is 2.35. The van der Waals surface area contributed by atoms with E-state index in [2.05, 4.69) is 24.1 Å². The van der Waals surface area contributed by atoms with Crippen LogP contribution in [0.1, 0.15) is 33.1 Å². The quantitative estimate of drug-likeness (QED) is 0.766. The van der Waals surface area contributed by atoms with E-state index in [9.17, 15) is 4.79 Å². The molecular formula is C12H22N2O3. The maximum absolute atomic E-state index is 10.6. The van der Waals surface area contributed by atoms with Crippen molar-refractivity contribution >= 4 is 6.09 Å². The molecule has 2 aliphatic rings. The first kappa shape index (κ1) is 12.6. The maximum atomic E-state index is 10.6. The topological polar surface area (TPSA) is 61.8 Å². The van der Waals surface area contributed by atoms with Crippen LogP contribution in [0.5, 0.6) is 0 Å². The van der Waals surface area contributed by atoms with Crippen LogP contribution in [-0.4, -0.2) is 53.5 Å². The van der Waals surface area contributed by atoms with Crippen LogP contribution in [0.15, 0.2) is 0 Å². The summed E-state index contributed by atoms with van der Waals surface area (Å²) in [5.74, 6) is 0. The fourth-order valence-corrected chi connectivity index (χ4v) is 2.92. The summed E-state index contributed by atoms with van der Waals surface area (Å²) in [5.41, 5.74) is -0.0404. The van der Waals surface area contributed by atoms with Crippen molar-refractivity contribution in [3.8, 4) is 0 Å². The molecule has 2 heterocycles. The molecule has 2 rings (SSSR count). The average Bonchev–Trinajstić information content (AvgIpc) is 2.63. The molecule has 17 heavy (non-hydrogen) atoms. The second-order valence-electron chi connectivity index (χ2n) is 5.68. The van der Waals surface area contributed by atoms with Gasteiger partial charge in [0.2, 0.25) is 0 Å². The Labute approximate surface area is 102 Å². The third kappa shape index (κ3) is 3.33. The summed E-state index contributed by atoms with van der Waals surface area (Å²) in [6.45, 7) is 6.90. The lowest BCUT2D eigenvalue weighted by molar-refractivity contribution is -0.0804. The van der Waals surface area contributed by atoms with Crippen LogP contribution in [0.4, 0.5) is 4.79 Å². The lowest BCUT2D eigenvalue weighted by Gasteiger charge is -2.39. The van der Waals surface area contributed by atoms with Gasteiger partial charge in [-0.15, -0.1) is 0 Å². The highest BCUT2D eigenvalue weighted by molar-refractivity contribution is 5.64. The van der Waals surface area contributed by atoms with Gasteiger partial charge >= 0.3 is 6.09 Å². The zero-order valence-corrected chi connectivity index (χ0v) is 10.6. The minimum atomic E-state index is -0.913. The number of ether oxygens (including phenoxy) is 1. The summed E-state index contributed by atoms with van der Waals surface area (Å²) < 4.78 is 5.71. The molecule has 1 unspecified atom stereocenters. The lowest BCUT2D eigenvalue weighted by atomic mass is 9.93. The lowest BCUT2D eigenvalue weighted by Crippen LogP contribution is -2.46. The van der Waals surface area contributed by atoms with Crippen molar-refractivity contribution in [1.82, 2.24) is 10.2 Å². The first-order valence-corrected chi connectivity index (χ1v) is 6.34. The van der Waals surface area contributed by atoms with E-state index in [1.807, 2.05) is 0 Å². The van der Waals surface area contributed by atoms with Gasteiger partial charge < -0.3 is 15.2 Å². The summed E-state index contributed by atoms with van der Waals surface area (Å²) in [6.07, 6.45) is 2.10. The number of carbonyl (C=O) groups is 1. The molecule has 2 aliphatic heterocycles. The molecule has 2 N–H and O–H groups in total. The smallest absolute Gasteiger partial charge is 0.404 e. The van der Waals surface area contributed by atoms with E-state index in [1.165, 1.54) is 0 Å². The van der Waals surface area contributed by atoms with Crippen LogP contribution in [0, 0.1) is 0 Å². The number of carboxylic acid groups (broad SMARTS) is 1. The Kier molecular flexibility index (Phi) is 3.58. The molecule has 2 saturated heterocycles. The number of nitrogens with one attached hydrogen (secondary N) is 1. The van der Waals surface area contributed by atoms with Crippen LogP contribution in [0.2, 0.25) is 0 Å². The van der Waals surface area contributed by atoms with Crippen molar-refractivity contribution in [3.63, 3.8) is 0 Å². The molecule has 0 aromatic heterocycles. The first-order chi connectivity index (χ1) is 7.96. The summed E-state index contributed by atoms with van der Waals surface area (Å²) in [4.78, 5) is 13.0. The van der Waals surface area contributed by atoms with Crippen molar-refractivity contribution < 1.29 is 14.6 Å². The van der Waals surface area contributed by atoms with E-state index in [4.69, 9.17) is 9.84 Å². The summed E-state index contributed by atoms with van der Waals surface area (Å²) in [6, 6.07) is 0.637. The van der Waals surface area contributed by atoms with Gasteiger partial charge in [0, 0.05) is 31.8 Å². The standard InChI is InChI=1S/C12H22N2O3/c1-12(2)7-10(4-6-17-12)14-5-3-9(8-14)13-11(15)16/h9-10,13H,3-8H2,1-2H3,(H,15,16)/t9-,10?/m1/s1. The molecule has 5 heteroatoms. The largest absolute Gasteiger partial charge is 0.465 e. The fraction of sp³-hybridized carbons (Fsp3) is 0.917. The van der Waals surface area contributed by atoms with E-state index in [0.717, 1.165) is 39.0 Å². The SMILES string of the molecule is CC1(C)CC(N2CC[C@@H](NC(=O)O)C2)CCO1. The zero-order chi connectivity index (χ0) is 12.5. The first-order valence-electron chi connectivity index (χ1n) is 6.34. The molecule has 0 radical (unpaired) electrons. The van der Waals surface area contributed by atoms with E-state index in [0.29, 0.717) is 6.04 Å². The maximum Gasteiger partial charge on any atom is 0.404 e. The Morgan fingerprint density at radius 2 is 2.24 bits per heavy atom. The summed E-state index contributed by atoms with van der Waals surface area (Å²) in [7, 11) is 0. The van der Waals surface area contributed by atoms with Crippen LogP contribution in [0.3, 0.4) is 0 Å². The van der Waals surface area contributed by atoms with Gasteiger partial charge in [0.25, 0.3) is 0 Å². The normalized spacial score (nSPS) is 33.5. The van der Waals surface area contributed by atoms with Gasteiger partial charge in [0.15, 0.2) is 0 Å². The van der Waals surface area contributed by atoms with Crippen LogP contribution < -0.4 is 5.32 Å². The third-order valence-electron chi connectivity index (χ3n) is 3.73. The Morgan fingerprint density at radius 3 is 2.88 bits per heavy atom. The van der Waals surface area contributed by atoms with Crippen LogP contribution >= 0.6 is 0 Å². The molecule has 0 spiro atoms. The van der Waals surface area contributed by atoms with E-state index in [-0.39, 0.29) is 11.6 Å². The van der Waals surface area contributed by atoms with E-state index < -0.39 is 6.09 Å². The summed E-state index contributed by atoms with van der Waals surface area (Å²) >= 11 is 0. The molecule has 0 saturated carbocycles. The van der Waals surface area contributed by atoms with Crippen LogP contribution in [0.25, 0.3) is 0 Å². The van der Waals surface area contributed by atoms with Gasteiger partial charge in [-0.3, -0.25) is 4.90 Å². The minimum absolute atomic E-state index is 0.0404. The molecule has 0 bridgehead atoms. The molecule has 5 nitrogen and oxygen atoms in total. The van der Waals surface area contributed by atoms with Gasteiger partial charge in [-0.1, -0.05) is 0 Å². The van der Waals surface area contributed by atoms with Crippen LogP contribution in [-0.2, 0) is 4.74 Å². The van der Waals surface area contributed by atoms with E-state index in [1.54, 1.807) is 0 Å². The highest BCUT2D eigenvalue weighted by atomic mass is 16.5. The number of hydrogen-bond donors (Lipinski definition) is 2. The molecule has 2 atom stereocenters. The predicted octanol–water partition coefficient (Wildman–Crippen LogP) is 1.29. The average molecular weight is 242 g/mol. The van der Waals surface area contributed by atoms with Crippen molar-refractivity contribution in [2.24, 2.45) is 0 Å². The van der Waals surface area contributed by atoms with Gasteiger partial charge in [-0.05, 0) is 33.1 Å². The molecule has 0 aromatic carbocycles. The van der Waals surface area contributed by atoms with Gasteiger partial charge in [0.05, 0.1) is 5.60 Å². The van der Waals surface area contributed by atoms with Crippen molar-refractivity contribution in [2.45, 2.75) is 50.8 Å². The number of amides is 1. The molecule has 2 fully saturated rings. The number of likely N-dealkylation sites (tertiary alicyclic amines) is 1. The second-order valence-corrected chi connectivity index (χ2v) is 5.68. The van der Waals surface area contributed by atoms with Gasteiger partial charge in [0.1, 0.15) is 0 Å². The molecule has 98 valence electrons. The number of rotatable bonds is 2. The Balaban J connectivity index is 1.85. The monoisotopic (exact) mass is 242 g/mol. The molecule has 0 aliphatic carbocycles. The Morgan fingerprint density at radius 1 is 1.47 bits per heavy atom. The Bertz CT molecular complexity index is 293. The van der Waals surface area contributed by atoms with Crippen molar-refractivity contribution in [2.75, 3.05) is 19.7 Å². The number of nitrogens with zero attached hydrogens (tertiary/aromatic N) is 1. The van der Waals surface area contributed by atoms with Gasteiger partial charge in [-0.25, -0.2) is 4.79 Å². The van der Waals surface area contributed by atoms with Gasteiger partial charge in [-0.2, -0.15) is 0 Å². The second kappa shape index (κ2) is 4.82. The molecule has 1 amide bonds. The van der Waals surface area contributed by atoms with Crippen molar-refractivity contribution in [3.05, 3.63) is 0 Å². The highest BCUT2D eigenvalue weighted by Crippen LogP contribution is 2.29. The molecule has 0 aromatic rings.